The zero-order valence-corrected chi connectivity index (χ0v) is 11.5. The first-order valence-electron chi connectivity index (χ1n) is 5.55. The number of aliphatic carboxylic acids is 1. The molecule has 0 aromatic carbocycles. The second-order valence-electron chi connectivity index (χ2n) is 4.79. The Morgan fingerprint density at radius 1 is 1.42 bits per heavy atom. The molecule has 0 aliphatic carbocycles. The fraction of sp³-hybridized carbons (Fsp3) is 0.800. The summed E-state index contributed by atoms with van der Waals surface area (Å²) in [6, 6.07) is 0. The van der Waals surface area contributed by atoms with Gasteiger partial charge in [-0.1, -0.05) is 0 Å². The lowest BCUT2D eigenvalue weighted by Gasteiger charge is -2.15. The van der Waals surface area contributed by atoms with Crippen LogP contribution in [0.1, 0.15) is 27.2 Å². The van der Waals surface area contributed by atoms with Crippen molar-refractivity contribution in [1.82, 2.24) is 5.01 Å². The van der Waals surface area contributed by atoms with Crippen molar-refractivity contribution in [3.63, 3.8) is 0 Å². The SMILES string of the molecule is CN(CCC(=O)O)/[N+]([O-])=N/OCOC(=O)C(C)(C)C. The van der Waals surface area contributed by atoms with Gasteiger partial charge in [0.05, 0.1) is 30.4 Å². The van der Waals surface area contributed by atoms with Gasteiger partial charge in [-0.3, -0.25) is 9.59 Å². The molecule has 0 radical (unpaired) electrons. The number of nitrogens with zero attached hydrogens (tertiary/aromatic N) is 3. The summed E-state index contributed by atoms with van der Waals surface area (Å²) >= 11 is 0. The van der Waals surface area contributed by atoms with Crippen molar-refractivity contribution >= 4 is 11.9 Å². The standard InChI is InChI=1S/C10H19N3O6/c1-10(2,3)9(16)18-7-19-11-13(17)12(4)6-5-8(14)15/h5-7H2,1-4H3,(H,14,15)/b13-11-. The third kappa shape index (κ3) is 7.79. The highest BCUT2D eigenvalue weighted by Crippen LogP contribution is 2.14. The monoisotopic (exact) mass is 277 g/mol. The van der Waals surface area contributed by atoms with Crippen molar-refractivity contribution < 1.29 is 29.2 Å². The molecule has 0 bridgehead atoms. The van der Waals surface area contributed by atoms with Crippen molar-refractivity contribution in [2.45, 2.75) is 27.2 Å². The first-order chi connectivity index (χ1) is 8.64. The zero-order chi connectivity index (χ0) is 15.1. The van der Waals surface area contributed by atoms with Crippen LogP contribution in [0.4, 0.5) is 0 Å². The number of carboxylic acid groups (broad SMARTS) is 1. The minimum absolute atomic E-state index is 0.0204. The van der Waals surface area contributed by atoms with E-state index in [0.29, 0.717) is 0 Å². The van der Waals surface area contributed by atoms with Gasteiger partial charge in [-0.05, 0) is 20.8 Å². The molecule has 0 aliphatic rings. The predicted octanol–water partition coefficient (Wildman–Crippen LogP) is 0.749. The van der Waals surface area contributed by atoms with E-state index in [1.54, 1.807) is 20.8 Å². The molecule has 0 fully saturated rings. The second-order valence-corrected chi connectivity index (χ2v) is 4.79. The van der Waals surface area contributed by atoms with Gasteiger partial charge >= 0.3 is 11.9 Å². The van der Waals surface area contributed by atoms with E-state index in [0.717, 1.165) is 5.01 Å². The molecule has 110 valence electrons. The van der Waals surface area contributed by atoms with Gasteiger partial charge in [0.2, 0.25) is 5.28 Å². The maximum Gasteiger partial charge on any atom is 0.314 e. The smallest absolute Gasteiger partial charge is 0.314 e. The van der Waals surface area contributed by atoms with E-state index >= 15 is 0 Å². The topological polar surface area (TPSA) is 114 Å². The van der Waals surface area contributed by atoms with Gasteiger partial charge in [-0.2, -0.15) is 0 Å². The van der Waals surface area contributed by atoms with Crippen LogP contribution in [-0.4, -0.2) is 47.4 Å². The molecule has 0 spiro atoms. The minimum atomic E-state index is -1.03. The normalized spacial score (nSPS) is 11.9. The summed E-state index contributed by atoms with van der Waals surface area (Å²) in [6.07, 6.45) is -0.205. The molecule has 0 saturated heterocycles. The summed E-state index contributed by atoms with van der Waals surface area (Å²) in [5.74, 6) is -1.51. The summed E-state index contributed by atoms with van der Waals surface area (Å²) in [5, 5.41) is 23.7. The molecule has 0 aromatic rings. The summed E-state index contributed by atoms with van der Waals surface area (Å²) in [7, 11) is 1.35. The average Bonchev–Trinajstić information content (AvgIpc) is 2.29. The highest BCUT2D eigenvalue weighted by molar-refractivity contribution is 5.75. The quantitative estimate of drug-likeness (QED) is 0.182. The molecule has 0 saturated carbocycles. The molecule has 0 amide bonds. The highest BCUT2D eigenvalue weighted by Gasteiger charge is 2.23. The Bertz CT molecular complexity index is 350. The third-order valence-electron chi connectivity index (χ3n) is 1.92. The van der Waals surface area contributed by atoms with E-state index in [1.165, 1.54) is 7.05 Å². The Hall–Kier alpha value is -2.06. The van der Waals surface area contributed by atoms with Crippen LogP contribution < -0.4 is 0 Å². The number of carboxylic acids is 1. The van der Waals surface area contributed by atoms with E-state index in [1.807, 2.05) is 0 Å². The fourth-order valence-electron chi connectivity index (χ4n) is 0.775. The largest absolute Gasteiger partial charge is 0.569 e. The summed E-state index contributed by atoms with van der Waals surface area (Å²) < 4.78 is 4.70. The predicted molar refractivity (Wildman–Crippen MR) is 62.4 cm³/mol. The lowest BCUT2D eigenvalue weighted by Crippen LogP contribution is -2.29. The van der Waals surface area contributed by atoms with E-state index in [2.05, 4.69) is 10.1 Å². The number of carbonyl (C=O) groups is 2. The van der Waals surface area contributed by atoms with Crippen LogP contribution in [0.3, 0.4) is 0 Å². The number of hydrogen-bond donors (Lipinski definition) is 1. The van der Waals surface area contributed by atoms with Gasteiger partial charge in [0.1, 0.15) is 0 Å². The van der Waals surface area contributed by atoms with E-state index in [-0.39, 0.29) is 17.9 Å². The van der Waals surface area contributed by atoms with Crippen molar-refractivity contribution in [3.8, 4) is 0 Å². The maximum absolute atomic E-state index is 11.3. The molecular formula is C10H19N3O6. The van der Waals surface area contributed by atoms with E-state index < -0.39 is 24.1 Å². The third-order valence-corrected chi connectivity index (χ3v) is 1.92. The first kappa shape index (κ1) is 16.9. The molecule has 0 unspecified atom stereocenters. The molecule has 0 aromatic heterocycles. The number of hydrazine groups is 1. The molecule has 0 heterocycles. The second kappa shape index (κ2) is 7.39. The number of esters is 1. The van der Waals surface area contributed by atoms with E-state index in [4.69, 9.17) is 9.84 Å². The van der Waals surface area contributed by atoms with Gasteiger partial charge in [0, 0.05) is 0 Å². The lowest BCUT2D eigenvalue weighted by atomic mass is 9.98. The van der Waals surface area contributed by atoms with Gasteiger partial charge in [0.25, 0.3) is 6.79 Å². The van der Waals surface area contributed by atoms with Crippen molar-refractivity contribution in [2.75, 3.05) is 20.4 Å². The fourth-order valence-corrected chi connectivity index (χ4v) is 0.775. The minimum Gasteiger partial charge on any atom is -0.569 e. The Morgan fingerprint density at radius 2 is 2.00 bits per heavy atom. The number of rotatable bonds is 7. The zero-order valence-electron chi connectivity index (χ0n) is 11.5. The van der Waals surface area contributed by atoms with E-state index in [9.17, 15) is 14.8 Å². The van der Waals surface area contributed by atoms with Crippen LogP contribution in [0.15, 0.2) is 5.28 Å². The Labute approximate surface area is 110 Å². The van der Waals surface area contributed by atoms with Crippen molar-refractivity contribution in [1.29, 1.82) is 0 Å². The molecule has 9 heteroatoms. The maximum atomic E-state index is 11.3. The highest BCUT2D eigenvalue weighted by atomic mass is 16.8. The van der Waals surface area contributed by atoms with Gasteiger partial charge in [-0.25, -0.2) is 0 Å². The molecule has 19 heavy (non-hydrogen) atoms. The number of carbonyl (C=O) groups excluding carboxylic acids is 1. The summed E-state index contributed by atoms with van der Waals surface area (Å²) in [5.41, 5.74) is -0.668. The Balaban J connectivity index is 3.99. The molecule has 1 N–H and O–H groups in total. The number of ether oxygens (including phenoxy) is 1. The van der Waals surface area contributed by atoms with Crippen molar-refractivity contribution in [2.24, 2.45) is 10.7 Å². The summed E-state index contributed by atoms with van der Waals surface area (Å²) in [4.78, 5) is 26.2. The van der Waals surface area contributed by atoms with Gasteiger partial charge in [-0.15, -0.1) is 5.01 Å². The van der Waals surface area contributed by atoms with Crippen LogP contribution >= 0.6 is 0 Å². The van der Waals surface area contributed by atoms with Crippen LogP contribution in [-0.2, 0) is 19.2 Å². The molecule has 0 rings (SSSR count). The van der Waals surface area contributed by atoms with Crippen LogP contribution in [0.25, 0.3) is 0 Å². The molecular weight excluding hydrogens is 258 g/mol. The molecule has 9 nitrogen and oxygen atoms in total. The first-order valence-corrected chi connectivity index (χ1v) is 5.55. The van der Waals surface area contributed by atoms with Crippen LogP contribution in [0.2, 0.25) is 0 Å². The van der Waals surface area contributed by atoms with Crippen molar-refractivity contribution in [3.05, 3.63) is 5.21 Å². The number of hydrogen-bond acceptors (Lipinski definition) is 6. The van der Waals surface area contributed by atoms with Crippen LogP contribution in [0.5, 0.6) is 0 Å². The van der Waals surface area contributed by atoms with Gasteiger partial charge in [0.15, 0.2) is 0 Å². The summed E-state index contributed by atoms with van der Waals surface area (Å²) in [6.45, 7) is 4.51. The van der Waals surface area contributed by atoms with Gasteiger partial charge < -0.3 is 19.9 Å². The lowest BCUT2D eigenvalue weighted by molar-refractivity contribution is -0.706. The Morgan fingerprint density at radius 3 is 2.47 bits per heavy atom. The molecule has 0 atom stereocenters. The van der Waals surface area contributed by atoms with Crippen LogP contribution in [0, 0.1) is 10.6 Å². The Kier molecular flexibility index (Phi) is 6.59. The molecule has 0 aliphatic heterocycles. The average molecular weight is 277 g/mol.